The molecule has 0 fully saturated rings. The van der Waals surface area contributed by atoms with Crippen LogP contribution in [-0.4, -0.2) is 87.2 Å². The summed E-state index contributed by atoms with van der Waals surface area (Å²) >= 11 is 0. The van der Waals surface area contributed by atoms with Crippen LogP contribution in [0.4, 0.5) is 0 Å². The molecular weight excluding hydrogens is 249 g/mol. The van der Waals surface area contributed by atoms with E-state index in [0.29, 0.717) is 0 Å². The quantitative estimate of drug-likeness (QED) is 0.383. The van der Waals surface area contributed by atoms with Gasteiger partial charge in [0.25, 0.3) is 0 Å². The molecule has 0 aliphatic rings. The van der Waals surface area contributed by atoms with Crippen LogP contribution in [0.15, 0.2) is 0 Å². The Morgan fingerprint density at radius 2 is 0.375 bits per heavy atom. The van der Waals surface area contributed by atoms with Crippen LogP contribution in [0.2, 0.25) is 0 Å². The van der Waals surface area contributed by atoms with E-state index in [-0.39, 0.29) is 87.2 Å². The molecule has 0 aromatic rings. The molecule has 0 aromatic heterocycles. The summed E-state index contributed by atoms with van der Waals surface area (Å²) in [5.41, 5.74) is 0. The van der Waals surface area contributed by atoms with E-state index in [1.807, 2.05) is 0 Å². The number of hydrogen-bond acceptors (Lipinski definition) is 1. The minimum atomic E-state index is 0. The second-order valence-electron chi connectivity index (χ2n) is 0. The van der Waals surface area contributed by atoms with E-state index in [1.54, 1.807) is 0 Å². The van der Waals surface area contributed by atoms with Crippen molar-refractivity contribution >= 4 is 48.9 Å². The summed E-state index contributed by atoms with van der Waals surface area (Å²) in [7, 11) is 0. The van der Waals surface area contributed by atoms with Crippen molar-refractivity contribution in [1.82, 2.24) is 0 Å². The molecule has 13 N–H and O–H groups in total. The predicted molar refractivity (Wildman–Crippen MR) is 29.4 cm³/mol. The van der Waals surface area contributed by atoms with E-state index >= 15 is 0 Å². The van der Waals surface area contributed by atoms with Crippen molar-refractivity contribution in [1.29, 1.82) is 0 Å². The van der Waals surface area contributed by atoms with Crippen molar-refractivity contribution < 1.29 is 38.3 Å². The average Bonchev–Trinajstić information content (AvgIpc) is 0. The Labute approximate surface area is 86.3 Å². The molecule has 0 unspecified atom stereocenters. The third-order valence-electron chi connectivity index (χ3n) is 0. The van der Waals surface area contributed by atoms with Crippen LogP contribution in [0.25, 0.3) is 0 Å². The van der Waals surface area contributed by atoms with Gasteiger partial charge in [-0.05, 0) is 0 Å². The third-order valence-corrected chi connectivity index (χ3v) is 0. The molecule has 0 heterocycles. The Morgan fingerprint density at radius 3 is 0.375 bits per heavy atom. The van der Waals surface area contributed by atoms with Crippen molar-refractivity contribution in [3.8, 4) is 0 Å². The van der Waals surface area contributed by atoms with Crippen LogP contribution in [0, 0.1) is 0 Å². The van der Waals surface area contributed by atoms with Crippen LogP contribution in [0.5, 0.6) is 0 Å². The van der Waals surface area contributed by atoms with Gasteiger partial charge in [-0.1, -0.05) is 0 Å². The molecular formula is H13BaO7+. The van der Waals surface area contributed by atoms with E-state index in [2.05, 4.69) is 0 Å². The van der Waals surface area contributed by atoms with E-state index < -0.39 is 0 Å². The van der Waals surface area contributed by atoms with Crippen LogP contribution < -0.4 is 0 Å². The van der Waals surface area contributed by atoms with Crippen molar-refractivity contribution in [3.05, 3.63) is 0 Å². The molecule has 0 spiro atoms. The van der Waals surface area contributed by atoms with Crippen LogP contribution >= 0.6 is 0 Å². The third kappa shape index (κ3) is 173. The molecule has 8 heteroatoms. The Morgan fingerprint density at radius 1 is 0.375 bits per heavy atom. The van der Waals surface area contributed by atoms with Gasteiger partial charge in [0.15, 0.2) is 0 Å². The van der Waals surface area contributed by atoms with Crippen molar-refractivity contribution in [2.45, 2.75) is 0 Å². The standard InChI is InChI=1S/Ba.7H2O/h;7*1H2/q+2;;;;;;;/p-1. The Hall–Kier alpha value is 1.29. The van der Waals surface area contributed by atoms with Crippen molar-refractivity contribution in [2.24, 2.45) is 0 Å². The molecule has 0 aliphatic heterocycles. The number of rotatable bonds is 0. The van der Waals surface area contributed by atoms with Gasteiger partial charge in [-0.2, -0.15) is 0 Å². The molecule has 8 heavy (non-hydrogen) atoms. The molecule has 0 aromatic carbocycles. The first kappa shape index (κ1) is 383. The van der Waals surface area contributed by atoms with Gasteiger partial charge >= 0.3 is 48.9 Å². The smallest absolute Gasteiger partial charge is 0.870 e. The zero-order chi connectivity index (χ0) is 0. The fourth-order valence-corrected chi connectivity index (χ4v) is 0. The van der Waals surface area contributed by atoms with Gasteiger partial charge in [-0.3, -0.25) is 0 Å². The van der Waals surface area contributed by atoms with E-state index in [9.17, 15) is 0 Å². The van der Waals surface area contributed by atoms with Crippen molar-refractivity contribution in [2.75, 3.05) is 0 Å². The van der Waals surface area contributed by atoms with E-state index in [1.165, 1.54) is 0 Å². The summed E-state index contributed by atoms with van der Waals surface area (Å²) in [6.07, 6.45) is 0. The fourth-order valence-electron chi connectivity index (χ4n) is 0. The van der Waals surface area contributed by atoms with Crippen molar-refractivity contribution in [3.63, 3.8) is 0 Å². The molecule has 56 valence electrons. The average molecular weight is 262 g/mol. The van der Waals surface area contributed by atoms with E-state index in [4.69, 9.17) is 0 Å². The summed E-state index contributed by atoms with van der Waals surface area (Å²) in [6, 6.07) is 0. The summed E-state index contributed by atoms with van der Waals surface area (Å²) in [5.74, 6) is 0. The zero-order valence-electron chi connectivity index (χ0n) is 4.15. The molecule has 0 aliphatic carbocycles. The summed E-state index contributed by atoms with van der Waals surface area (Å²) in [6.45, 7) is 0. The molecule has 0 atom stereocenters. The maximum Gasteiger partial charge on any atom is 2.00 e. The maximum absolute atomic E-state index is 0. The van der Waals surface area contributed by atoms with Crippen LogP contribution in [0.1, 0.15) is 0 Å². The minimum absolute atomic E-state index is 0. The van der Waals surface area contributed by atoms with Gasteiger partial charge in [-0.15, -0.1) is 0 Å². The van der Waals surface area contributed by atoms with Gasteiger partial charge in [0, 0.05) is 0 Å². The molecule has 0 saturated heterocycles. The maximum atomic E-state index is 0. The van der Waals surface area contributed by atoms with Gasteiger partial charge in [0.2, 0.25) is 0 Å². The summed E-state index contributed by atoms with van der Waals surface area (Å²) < 4.78 is 0. The Kier molecular flexibility index (Phi) is 12700. The first-order chi connectivity index (χ1) is 0. The van der Waals surface area contributed by atoms with E-state index in [0.717, 1.165) is 0 Å². The minimum Gasteiger partial charge on any atom is -0.870 e. The molecule has 7 nitrogen and oxygen atoms in total. The fraction of sp³-hybridized carbons (Fsp3) is 0. The zero-order valence-corrected chi connectivity index (χ0v) is 8.60. The number of hydrogen-bond donors (Lipinski definition) is 0. The molecule has 0 bridgehead atoms. The van der Waals surface area contributed by atoms with Crippen LogP contribution in [-0.2, 0) is 0 Å². The largest absolute Gasteiger partial charge is 2.00 e. The Bertz CT molecular complexity index is 4.35. The summed E-state index contributed by atoms with van der Waals surface area (Å²) in [4.78, 5) is 0. The summed E-state index contributed by atoms with van der Waals surface area (Å²) in [5, 5.41) is 0. The van der Waals surface area contributed by atoms with Gasteiger partial charge in [0.1, 0.15) is 0 Å². The van der Waals surface area contributed by atoms with Gasteiger partial charge in [-0.25, -0.2) is 0 Å². The molecule has 0 saturated carbocycles. The second-order valence-corrected chi connectivity index (χ2v) is 0. The SMILES string of the molecule is O.O.O.O.O.O.[Ba+2].[OH-]. The normalized spacial score (nSPS) is 0. The Balaban J connectivity index is 0. The molecule has 0 radical (unpaired) electrons. The molecule has 0 amide bonds. The van der Waals surface area contributed by atoms with Gasteiger partial charge < -0.3 is 38.3 Å². The second kappa shape index (κ2) is 264. The van der Waals surface area contributed by atoms with Crippen LogP contribution in [0.3, 0.4) is 0 Å². The first-order valence-corrected chi connectivity index (χ1v) is 0. The van der Waals surface area contributed by atoms with Gasteiger partial charge in [0.05, 0.1) is 0 Å². The monoisotopic (exact) mass is 263 g/mol. The first-order valence-electron chi connectivity index (χ1n) is 0. The topological polar surface area (TPSA) is 219 Å². The molecule has 0 rings (SSSR count). The predicted octanol–water partition coefficient (Wildman–Crippen LogP) is -5.51.